The third kappa shape index (κ3) is 5.29. The van der Waals surface area contributed by atoms with Crippen LogP contribution in [-0.2, 0) is 9.59 Å². The van der Waals surface area contributed by atoms with Crippen molar-refractivity contribution in [2.24, 2.45) is 0 Å². The van der Waals surface area contributed by atoms with Crippen LogP contribution >= 0.6 is 0 Å². The van der Waals surface area contributed by atoms with Crippen LogP contribution < -0.4 is 0 Å². The summed E-state index contributed by atoms with van der Waals surface area (Å²) in [6, 6.07) is 0.358. The van der Waals surface area contributed by atoms with Gasteiger partial charge in [0.1, 0.15) is 0 Å². The lowest BCUT2D eigenvalue weighted by atomic mass is 10.1. The van der Waals surface area contributed by atoms with E-state index < -0.39 is 0 Å². The fraction of sp³-hybridized carbons (Fsp3) is 0.889. The fourth-order valence-electron chi connectivity index (χ4n) is 3.86. The lowest BCUT2D eigenvalue weighted by Gasteiger charge is -2.31. The number of carbonyl (C=O) groups is 2. The summed E-state index contributed by atoms with van der Waals surface area (Å²) in [6.07, 6.45) is 12.5. The number of rotatable bonds is 4. The highest BCUT2D eigenvalue weighted by atomic mass is 16.2. The van der Waals surface area contributed by atoms with E-state index in [2.05, 4.69) is 0 Å². The molecular formula is C18H32N2O2. The van der Waals surface area contributed by atoms with Crippen LogP contribution in [0.25, 0.3) is 0 Å². The van der Waals surface area contributed by atoms with Gasteiger partial charge in [-0.25, -0.2) is 0 Å². The second kappa shape index (κ2) is 9.16. The average Bonchev–Trinajstić information content (AvgIpc) is 2.92. The number of hydrogen-bond acceptors (Lipinski definition) is 2. The molecule has 0 aromatic carbocycles. The summed E-state index contributed by atoms with van der Waals surface area (Å²) in [7, 11) is 0. The molecule has 0 atom stereocenters. The smallest absolute Gasteiger partial charge is 0.224 e. The zero-order valence-corrected chi connectivity index (χ0v) is 14.2. The quantitative estimate of drug-likeness (QED) is 0.747. The summed E-state index contributed by atoms with van der Waals surface area (Å²) in [5.41, 5.74) is 0. The van der Waals surface area contributed by atoms with Gasteiger partial charge in [-0.05, 0) is 25.7 Å². The molecule has 2 rings (SSSR count). The summed E-state index contributed by atoms with van der Waals surface area (Å²) in [6.45, 7) is 4.07. The molecule has 2 aliphatic rings. The Balaban J connectivity index is 1.84. The highest BCUT2D eigenvalue weighted by Crippen LogP contribution is 2.22. The van der Waals surface area contributed by atoms with E-state index in [1.54, 1.807) is 6.92 Å². The molecule has 0 N–H and O–H groups in total. The zero-order valence-electron chi connectivity index (χ0n) is 14.2. The molecule has 2 fully saturated rings. The number of hydrogen-bond donors (Lipinski definition) is 0. The van der Waals surface area contributed by atoms with Gasteiger partial charge in [0, 0.05) is 39.0 Å². The lowest BCUT2D eigenvalue weighted by Crippen LogP contribution is -2.42. The molecule has 0 radical (unpaired) electrons. The Morgan fingerprint density at radius 3 is 2.00 bits per heavy atom. The molecule has 0 aromatic heterocycles. The Morgan fingerprint density at radius 1 is 0.909 bits per heavy atom. The highest BCUT2D eigenvalue weighted by Gasteiger charge is 2.24. The van der Waals surface area contributed by atoms with E-state index in [1.807, 2.05) is 9.80 Å². The number of amides is 2. The Kier molecular flexibility index (Phi) is 7.20. The van der Waals surface area contributed by atoms with Gasteiger partial charge in [0.2, 0.25) is 11.8 Å². The minimum absolute atomic E-state index is 0.135. The maximum atomic E-state index is 12.4. The zero-order chi connectivity index (χ0) is 15.8. The largest absolute Gasteiger partial charge is 0.343 e. The molecule has 1 saturated heterocycles. The highest BCUT2D eigenvalue weighted by molar-refractivity contribution is 5.78. The van der Waals surface area contributed by atoms with Gasteiger partial charge < -0.3 is 9.80 Å². The van der Waals surface area contributed by atoms with Crippen molar-refractivity contribution in [3.63, 3.8) is 0 Å². The Morgan fingerprint density at radius 2 is 1.45 bits per heavy atom. The van der Waals surface area contributed by atoms with Crippen LogP contribution in [0.15, 0.2) is 0 Å². The van der Waals surface area contributed by atoms with Crippen LogP contribution in [0.2, 0.25) is 0 Å². The topological polar surface area (TPSA) is 40.6 Å². The number of nitrogens with zero attached hydrogens (tertiary/aromatic N) is 2. The molecule has 22 heavy (non-hydrogen) atoms. The SMILES string of the molecule is CC(=O)N(CCC(=O)N1CCCCCC1)C1CCCCCC1. The Hall–Kier alpha value is -1.06. The van der Waals surface area contributed by atoms with Crippen molar-refractivity contribution < 1.29 is 9.59 Å². The average molecular weight is 308 g/mol. The monoisotopic (exact) mass is 308 g/mol. The van der Waals surface area contributed by atoms with Crippen molar-refractivity contribution in [3.05, 3.63) is 0 Å². The molecular weight excluding hydrogens is 276 g/mol. The van der Waals surface area contributed by atoms with Gasteiger partial charge in [0.15, 0.2) is 0 Å². The van der Waals surface area contributed by atoms with Gasteiger partial charge in [-0.3, -0.25) is 9.59 Å². The van der Waals surface area contributed by atoms with Gasteiger partial charge >= 0.3 is 0 Å². The van der Waals surface area contributed by atoms with Crippen molar-refractivity contribution in [1.29, 1.82) is 0 Å². The van der Waals surface area contributed by atoms with Crippen LogP contribution in [0.3, 0.4) is 0 Å². The van der Waals surface area contributed by atoms with Gasteiger partial charge in [0.25, 0.3) is 0 Å². The molecule has 4 nitrogen and oxygen atoms in total. The predicted molar refractivity (Wildman–Crippen MR) is 88.5 cm³/mol. The van der Waals surface area contributed by atoms with Crippen molar-refractivity contribution in [1.82, 2.24) is 9.80 Å². The van der Waals surface area contributed by atoms with E-state index in [4.69, 9.17) is 0 Å². The van der Waals surface area contributed by atoms with E-state index in [-0.39, 0.29) is 11.8 Å². The lowest BCUT2D eigenvalue weighted by molar-refractivity contribution is -0.134. The normalized spacial score (nSPS) is 21.0. The van der Waals surface area contributed by atoms with Crippen LogP contribution in [0.5, 0.6) is 0 Å². The summed E-state index contributed by atoms with van der Waals surface area (Å²) < 4.78 is 0. The Bertz CT molecular complexity index is 354. The molecule has 0 aromatic rings. The number of likely N-dealkylation sites (tertiary alicyclic amines) is 1. The summed E-state index contributed by atoms with van der Waals surface area (Å²) in [4.78, 5) is 28.4. The standard InChI is InChI=1S/C18H32N2O2/c1-16(21)20(17-10-6-2-3-7-11-17)15-12-18(22)19-13-8-4-5-9-14-19/h17H,2-15H2,1H3. The summed E-state index contributed by atoms with van der Waals surface area (Å²) >= 11 is 0. The molecule has 0 bridgehead atoms. The molecule has 1 aliphatic heterocycles. The molecule has 1 heterocycles. The van der Waals surface area contributed by atoms with Gasteiger partial charge in [-0.15, -0.1) is 0 Å². The van der Waals surface area contributed by atoms with Gasteiger partial charge in [-0.2, -0.15) is 0 Å². The maximum absolute atomic E-state index is 12.4. The molecule has 2 amide bonds. The minimum atomic E-state index is 0.135. The van der Waals surface area contributed by atoms with E-state index >= 15 is 0 Å². The van der Waals surface area contributed by atoms with E-state index in [0.717, 1.165) is 38.8 Å². The second-order valence-corrected chi connectivity index (χ2v) is 6.90. The first-order valence-corrected chi connectivity index (χ1v) is 9.23. The molecule has 4 heteroatoms. The fourth-order valence-corrected chi connectivity index (χ4v) is 3.86. The van der Waals surface area contributed by atoms with Crippen molar-refractivity contribution in [2.75, 3.05) is 19.6 Å². The molecule has 1 aliphatic carbocycles. The summed E-state index contributed by atoms with van der Waals surface area (Å²) in [5, 5.41) is 0. The van der Waals surface area contributed by atoms with Crippen LogP contribution in [0, 0.1) is 0 Å². The molecule has 0 spiro atoms. The predicted octanol–water partition coefficient (Wildman–Crippen LogP) is 3.35. The van der Waals surface area contributed by atoms with Crippen molar-refractivity contribution >= 4 is 11.8 Å². The minimum Gasteiger partial charge on any atom is -0.343 e. The third-order valence-corrected chi connectivity index (χ3v) is 5.20. The first-order chi connectivity index (χ1) is 10.7. The van der Waals surface area contributed by atoms with Crippen LogP contribution in [0.4, 0.5) is 0 Å². The number of carbonyl (C=O) groups excluding carboxylic acids is 2. The van der Waals surface area contributed by atoms with Crippen LogP contribution in [-0.4, -0.2) is 47.3 Å². The van der Waals surface area contributed by atoms with E-state index in [0.29, 0.717) is 19.0 Å². The maximum Gasteiger partial charge on any atom is 0.224 e. The van der Waals surface area contributed by atoms with Gasteiger partial charge in [0.05, 0.1) is 0 Å². The second-order valence-electron chi connectivity index (χ2n) is 6.90. The molecule has 0 unspecified atom stereocenters. The van der Waals surface area contributed by atoms with Crippen molar-refractivity contribution in [3.8, 4) is 0 Å². The Labute approximate surface area is 135 Å². The van der Waals surface area contributed by atoms with Crippen molar-refractivity contribution in [2.45, 2.75) is 83.6 Å². The van der Waals surface area contributed by atoms with E-state index in [9.17, 15) is 9.59 Å². The first-order valence-electron chi connectivity index (χ1n) is 9.23. The van der Waals surface area contributed by atoms with E-state index in [1.165, 1.54) is 38.5 Å². The molecule has 1 saturated carbocycles. The molecule has 126 valence electrons. The summed E-state index contributed by atoms with van der Waals surface area (Å²) in [5.74, 6) is 0.373. The first kappa shape index (κ1) is 17.3. The third-order valence-electron chi connectivity index (χ3n) is 5.20. The van der Waals surface area contributed by atoms with Crippen LogP contribution in [0.1, 0.15) is 77.6 Å². The van der Waals surface area contributed by atoms with Gasteiger partial charge in [-0.1, -0.05) is 38.5 Å².